The van der Waals surface area contributed by atoms with Crippen LogP contribution in [0.2, 0.25) is 10.0 Å². The van der Waals surface area contributed by atoms with E-state index in [0.29, 0.717) is 5.69 Å². The minimum absolute atomic E-state index is 0.0400. The third-order valence-electron chi connectivity index (χ3n) is 4.39. The predicted molar refractivity (Wildman–Crippen MR) is 120 cm³/mol. The van der Waals surface area contributed by atoms with Crippen LogP contribution >= 0.6 is 23.2 Å². The summed E-state index contributed by atoms with van der Waals surface area (Å²) >= 11 is 12.2. The summed E-state index contributed by atoms with van der Waals surface area (Å²) in [5, 5.41) is 16.4. The van der Waals surface area contributed by atoms with Crippen molar-refractivity contribution >= 4 is 44.7 Å². The Kier molecular flexibility index (Phi) is 5.92. The molecule has 0 fully saturated rings. The molecule has 31 heavy (non-hydrogen) atoms. The standard InChI is InChI=1S/C20H17Cl2N5O3S/c21-13-11-16(18(28)17(22)12-13)19-23-24-20(27(19)25-14-7-3-1-4-8-14)26-31(29,30)15-9-5-2-6-10-15/h1-12,20,24-26,28H/t20-/m0/s1. The van der Waals surface area contributed by atoms with E-state index in [-0.39, 0.29) is 32.1 Å². The van der Waals surface area contributed by atoms with Gasteiger partial charge < -0.3 is 5.11 Å². The lowest BCUT2D eigenvalue weighted by molar-refractivity contribution is 0.325. The SMILES string of the molecule is O=S(=O)(N[C@@H]1NN=C(c2cc(Cl)cc(Cl)c2O)N1Nc1ccccc1)c1ccccc1. The van der Waals surface area contributed by atoms with Crippen LogP contribution in [0.5, 0.6) is 5.75 Å². The van der Waals surface area contributed by atoms with E-state index in [1.54, 1.807) is 30.3 Å². The van der Waals surface area contributed by atoms with Crippen LogP contribution in [-0.2, 0) is 10.0 Å². The Morgan fingerprint density at radius 3 is 2.32 bits per heavy atom. The van der Waals surface area contributed by atoms with Crippen molar-refractivity contribution in [2.24, 2.45) is 5.10 Å². The minimum atomic E-state index is -3.88. The van der Waals surface area contributed by atoms with E-state index < -0.39 is 16.3 Å². The van der Waals surface area contributed by atoms with Crippen LogP contribution in [0.15, 0.2) is 82.8 Å². The molecule has 4 N–H and O–H groups in total. The van der Waals surface area contributed by atoms with Gasteiger partial charge in [0.2, 0.25) is 16.3 Å². The Hall–Kier alpha value is -2.98. The first-order valence-electron chi connectivity index (χ1n) is 9.05. The number of nitrogens with zero attached hydrogens (tertiary/aromatic N) is 2. The summed E-state index contributed by atoms with van der Waals surface area (Å²) in [6.07, 6.45) is -1.02. The van der Waals surface area contributed by atoms with Gasteiger partial charge >= 0.3 is 0 Å². The van der Waals surface area contributed by atoms with Crippen LogP contribution < -0.4 is 15.6 Å². The molecule has 1 atom stereocenters. The van der Waals surface area contributed by atoms with Crippen LogP contribution in [0, 0.1) is 0 Å². The van der Waals surface area contributed by atoms with Gasteiger partial charge in [0, 0.05) is 5.02 Å². The molecule has 0 radical (unpaired) electrons. The van der Waals surface area contributed by atoms with Gasteiger partial charge in [-0.1, -0.05) is 59.6 Å². The zero-order valence-electron chi connectivity index (χ0n) is 15.8. The summed E-state index contributed by atoms with van der Waals surface area (Å²) in [7, 11) is -3.88. The molecule has 3 aromatic rings. The number of hydrazine groups is 1. The van der Waals surface area contributed by atoms with Gasteiger partial charge in [0.25, 0.3) is 0 Å². The van der Waals surface area contributed by atoms with Gasteiger partial charge in [-0.15, -0.1) is 0 Å². The van der Waals surface area contributed by atoms with E-state index in [1.807, 2.05) is 18.2 Å². The van der Waals surface area contributed by atoms with Crippen molar-refractivity contribution in [2.45, 2.75) is 11.2 Å². The molecule has 8 nitrogen and oxygen atoms in total. The fourth-order valence-electron chi connectivity index (χ4n) is 2.95. The van der Waals surface area contributed by atoms with Crippen LogP contribution in [0.1, 0.15) is 5.56 Å². The molecular weight excluding hydrogens is 461 g/mol. The first-order chi connectivity index (χ1) is 14.8. The largest absolute Gasteiger partial charge is 0.506 e. The lowest BCUT2D eigenvalue weighted by Crippen LogP contribution is -2.54. The van der Waals surface area contributed by atoms with E-state index in [4.69, 9.17) is 23.2 Å². The monoisotopic (exact) mass is 477 g/mol. The van der Waals surface area contributed by atoms with Crippen molar-refractivity contribution < 1.29 is 13.5 Å². The molecule has 0 spiro atoms. The topological polar surface area (TPSA) is 106 Å². The third kappa shape index (κ3) is 4.54. The molecule has 1 aliphatic rings. The number of phenolic OH excluding ortho intramolecular Hbond substituents is 1. The van der Waals surface area contributed by atoms with Gasteiger partial charge in [0.15, 0.2) is 5.84 Å². The number of rotatable bonds is 6. The molecule has 0 aromatic heterocycles. The molecule has 160 valence electrons. The van der Waals surface area contributed by atoms with E-state index in [0.717, 1.165) is 0 Å². The van der Waals surface area contributed by atoms with Gasteiger partial charge in [-0.3, -0.25) is 10.9 Å². The van der Waals surface area contributed by atoms with Crippen LogP contribution in [0.3, 0.4) is 0 Å². The first-order valence-corrected chi connectivity index (χ1v) is 11.3. The summed E-state index contributed by atoms with van der Waals surface area (Å²) < 4.78 is 28.3. The Labute approximate surface area is 189 Å². The number of nitrogens with one attached hydrogen (secondary N) is 3. The zero-order valence-corrected chi connectivity index (χ0v) is 18.2. The number of phenols is 1. The number of benzene rings is 3. The number of hydrogen-bond acceptors (Lipinski definition) is 7. The molecule has 0 amide bonds. The highest BCUT2D eigenvalue weighted by Gasteiger charge is 2.34. The summed E-state index contributed by atoms with van der Waals surface area (Å²) in [5.74, 6) is -0.0513. The summed E-state index contributed by atoms with van der Waals surface area (Å²) in [5.41, 5.74) is 6.71. The van der Waals surface area contributed by atoms with Gasteiger partial charge in [-0.2, -0.15) is 9.82 Å². The Balaban J connectivity index is 1.70. The van der Waals surface area contributed by atoms with Crippen molar-refractivity contribution in [3.8, 4) is 5.75 Å². The van der Waals surface area contributed by atoms with E-state index in [9.17, 15) is 13.5 Å². The zero-order chi connectivity index (χ0) is 22.0. The number of anilines is 1. The van der Waals surface area contributed by atoms with Crippen LogP contribution in [-0.4, -0.2) is 30.7 Å². The number of hydrogen-bond donors (Lipinski definition) is 4. The summed E-state index contributed by atoms with van der Waals surface area (Å²) in [6, 6.07) is 19.9. The van der Waals surface area contributed by atoms with Crippen molar-refractivity contribution in [3.05, 3.63) is 88.4 Å². The third-order valence-corrected chi connectivity index (χ3v) is 6.32. The van der Waals surface area contributed by atoms with Crippen molar-refractivity contribution in [3.63, 3.8) is 0 Å². The number of sulfonamides is 1. The van der Waals surface area contributed by atoms with Gasteiger partial charge in [0.05, 0.1) is 21.2 Å². The van der Waals surface area contributed by atoms with Gasteiger partial charge in [-0.05, 0) is 36.4 Å². The second-order valence-corrected chi connectivity index (χ2v) is 9.09. The van der Waals surface area contributed by atoms with Crippen molar-refractivity contribution in [2.75, 3.05) is 5.43 Å². The Bertz CT molecular complexity index is 1220. The maximum Gasteiger partial charge on any atom is 0.243 e. The summed E-state index contributed by atoms with van der Waals surface area (Å²) in [6.45, 7) is 0. The number of aromatic hydroxyl groups is 1. The molecule has 0 saturated heterocycles. The van der Waals surface area contributed by atoms with Crippen LogP contribution in [0.25, 0.3) is 0 Å². The highest BCUT2D eigenvalue weighted by atomic mass is 35.5. The van der Waals surface area contributed by atoms with Gasteiger partial charge in [0.1, 0.15) is 5.75 Å². The fourth-order valence-corrected chi connectivity index (χ4v) is 4.54. The maximum absolute atomic E-state index is 12.9. The Morgan fingerprint density at radius 1 is 1.00 bits per heavy atom. The number of amidine groups is 1. The maximum atomic E-state index is 12.9. The van der Waals surface area contributed by atoms with Crippen molar-refractivity contribution in [1.29, 1.82) is 0 Å². The average molecular weight is 478 g/mol. The quantitative estimate of drug-likeness (QED) is 0.432. The normalized spacial score (nSPS) is 16.0. The fraction of sp³-hybridized carbons (Fsp3) is 0.0500. The Morgan fingerprint density at radius 2 is 1.65 bits per heavy atom. The highest BCUT2D eigenvalue weighted by Crippen LogP contribution is 2.33. The molecule has 0 unspecified atom stereocenters. The second-order valence-electron chi connectivity index (χ2n) is 6.53. The summed E-state index contributed by atoms with van der Waals surface area (Å²) in [4.78, 5) is 0.0959. The molecule has 0 bridgehead atoms. The van der Waals surface area contributed by atoms with Gasteiger partial charge in [-0.25, -0.2) is 13.4 Å². The van der Waals surface area contributed by atoms with E-state index in [1.165, 1.54) is 29.3 Å². The molecule has 0 aliphatic carbocycles. The number of para-hydroxylation sites is 1. The molecule has 0 saturated carbocycles. The lowest BCUT2D eigenvalue weighted by Gasteiger charge is -2.29. The van der Waals surface area contributed by atoms with Crippen LogP contribution in [0.4, 0.5) is 5.69 Å². The first kappa shape index (κ1) is 21.3. The van der Waals surface area contributed by atoms with E-state index in [2.05, 4.69) is 20.7 Å². The average Bonchev–Trinajstić information content (AvgIpc) is 3.13. The highest BCUT2D eigenvalue weighted by molar-refractivity contribution is 7.89. The lowest BCUT2D eigenvalue weighted by atomic mass is 10.1. The predicted octanol–water partition coefficient (Wildman–Crippen LogP) is 3.56. The number of hydrazone groups is 1. The molecule has 4 rings (SSSR count). The number of halogens is 2. The van der Waals surface area contributed by atoms with E-state index >= 15 is 0 Å². The molecular formula is C20H17Cl2N5O3S. The molecule has 3 aromatic carbocycles. The second kappa shape index (κ2) is 8.64. The molecule has 1 heterocycles. The minimum Gasteiger partial charge on any atom is -0.506 e. The smallest absolute Gasteiger partial charge is 0.243 e. The molecule has 1 aliphatic heterocycles. The molecule has 11 heteroatoms. The van der Waals surface area contributed by atoms with Crippen molar-refractivity contribution in [1.82, 2.24) is 15.2 Å².